The highest BCUT2D eigenvalue weighted by atomic mass is 32.1. The Labute approximate surface area is 190 Å². The first-order valence-corrected chi connectivity index (χ1v) is 11.4. The lowest BCUT2D eigenvalue weighted by molar-refractivity contribution is -0.123. The molecule has 164 valence electrons. The number of carbonyl (C=O) groups is 2. The van der Waals surface area contributed by atoms with Crippen LogP contribution in [0.1, 0.15) is 23.2 Å². The van der Waals surface area contributed by atoms with E-state index >= 15 is 0 Å². The van der Waals surface area contributed by atoms with E-state index in [1.807, 2.05) is 35.7 Å². The van der Waals surface area contributed by atoms with Crippen molar-refractivity contribution >= 4 is 28.3 Å². The van der Waals surface area contributed by atoms with Crippen molar-refractivity contribution in [3.63, 3.8) is 0 Å². The summed E-state index contributed by atoms with van der Waals surface area (Å²) in [5, 5.41) is 2.61. The monoisotopic (exact) mass is 449 g/mol. The average Bonchev–Trinajstić information content (AvgIpc) is 3.33. The van der Waals surface area contributed by atoms with Crippen molar-refractivity contribution in [3.8, 4) is 11.3 Å². The van der Waals surface area contributed by atoms with Crippen LogP contribution in [-0.4, -0.2) is 41.3 Å². The van der Waals surface area contributed by atoms with Gasteiger partial charge in [0, 0.05) is 42.1 Å². The van der Waals surface area contributed by atoms with Gasteiger partial charge in [0.2, 0.25) is 5.91 Å². The lowest BCUT2D eigenvalue weighted by Crippen LogP contribution is -2.44. The van der Waals surface area contributed by atoms with E-state index in [0.717, 1.165) is 11.3 Å². The van der Waals surface area contributed by atoms with E-state index in [4.69, 9.17) is 0 Å². The maximum absolute atomic E-state index is 13.3. The molecule has 0 N–H and O–H groups in total. The van der Waals surface area contributed by atoms with Crippen molar-refractivity contribution in [2.75, 3.05) is 24.5 Å². The molecule has 5 nitrogen and oxygen atoms in total. The minimum absolute atomic E-state index is 0.00717. The van der Waals surface area contributed by atoms with Crippen molar-refractivity contribution in [1.29, 1.82) is 0 Å². The van der Waals surface area contributed by atoms with Crippen LogP contribution in [0.15, 0.2) is 72.6 Å². The van der Waals surface area contributed by atoms with E-state index in [1.165, 1.54) is 35.6 Å². The van der Waals surface area contributed by atoms with Crippen LogP contribution in [0.3, 0.4) is 0 Å². The molecule has 0 saturated carbocycles. The number of carbonyl (C=O) groups excluding carboxylic acids is 2. The van der Waals surface area contributed by atoms with Crippen LogP contribution in [0.5, 0.6) is 0 Å². The number of aromatic nitrogens is 1. The standard InChI is InChI=1S/C25H24FN3O2S/c1-2-14-29(25-27-22(17-32-25)18-6-4-3-5-7-18)24(31)20-12-15-28(16-13-20)23(30)19-8-10-21(26)11-9-19/h2-11,17,20H,1,12-16H2. The molecule has 3 aromatic rings. The highest BCUT2D eigenvalue weighted by Crippen LogP contribution is 2.30. The molecule has 2 heterocycles. The van der Waals surface area contributed by atoms with Gasteiger partial charge in [0.15, 0.2) is 5.13 Å². The number of likely N-dealkylation sites (tertiary alicyclic amines) is 1. The summed E-state index contributed by atoms with van der Waals surface area (Å²) in [5.41, 5.74) is 2.31. The molecule has 7 heteroatoms. The lowest BCUT2D eigenvalue weighted by atomic mass is 9.95. The highest BCUT2D eigenvalue weighted by Gasteiger charge is 2.31. The number of piperidine rings is 1. The Kier molecular flexibility index (Phi) is 6.75. The van der Waals surface area contributed by atoms with Crippen molar-refractivity contribution < 1.29 is 14.0 Å². The number of anilines is 1. The predicted molar refractivity (Wildman–Crippen MR) is 125 cm³/mol. The SMILES string of the molecule is C=CCN(C(=O)C1CCN(C(=O)c2ccc(F)cc2)CC1)c1nc(-c2ccccc2)cs1. The highest BCUT2D eigenvalue weighted by molar-refractivity contribution is 7.14. The number of halogens is 1. The summed E-state index contributed by atoms with van der Waals surface area (Å²) in [6, 6.07) is 15.4. The Morgan fingerprint density at radius 2 is 1.81 bits per heavy atom. The minimum Gasteiger partial charge on any atom is -0.339 e. The Hall–Kier alpha value is -3.32. The van der Waals surface area contributed by atoms with Crippen molar-refractivity contribution in [2.24, 2.45) is 5.92 Å². The zero-order chi connectivity index (χ0) is 22.5. The molecule has 4 rings (SSSR count). The first kappa shape index (κ1) is 21.9. The molecule has 0 aliphatic carbocycles. The lowest BCUT2D eigenvalue weighted by Gasteiger charge is -2.33. The molecule has 1 aliphatic rings. The summed E-state index contributed by atoms with van der Waals surface area (Å²) in [5.74, 6) is -0.680. The number of hydrogen-bond donors (Lipinski definition) is 0. The van der Waals surface area contributed by atoms with E-state index in [-0.39, 0.29) is 23.5 Å². The number of nitrogens with zero attached hydrogens (tertiary/aromatic N) is 3. The Bertz CT molecular complexity index is 1090. The molecule has 0 atom stereocenters. The molecule has 2 amide bonds. The molecule has 1 aromatic heterocycles. The number of rotatable bonds is 6. The fourth-order valence-electron chi connectivity index (χ4n) is 3.85. The number of amides is 2. The van der Waals surface area contributed by atoms with Gasteiger partial charge in [-0.05, 0) is 37.1 Å². The Balaban J connectivity index is 1.42. The second-order valence-corrected chi connectivity index (χ2v) is 8.53. The quantitative estimate of drug-likeness (QED) is 0.497. The van der Waals surface area contributed by atoms with Gasteiger partial charge in [-0.15, -0.1) is 17.9 Å². The molecule has 0 radical (unpaired) electrons. The van der Waals surface area contributed by atoms with Gasteiger partial charge in [0.05, 0.1) is 5.69 Å². The van der Waals surface area contributed by atoms with Crippen LogP contribution in [0.2, 0.25) is 0 Å². The smallest absolute Gasteiger partial charge is 0.253 e. The maximum Gasteiger partial charge on any atom is 0.253 e. The van der Waals surface area contributed by atoms with Crippen molar-refractivity contribution in [1.82, 2.24) is 9.88 Å². The first-order chi connectivity index (χ1) is 15.6. The molecule has 1 fully saturated rings. The largest absolute Gasteiger partial charge is 0.339 e. The van der Waals surface area contributed by atoms with Gasteiger partial charge in [-0.3, -0.25) is 14.5 Å². The summed E-state index contributed by atoms with van der Waals surface area (Å²) >= 11 is 1.44. The fourth-order valence-corrected chi connectivity index (χ4v) is 4.69. The second kappa shape index (κ2) is 9.87. The van der Waals surface area contributed by atoms with Crippen LogP contribution < -0.4 is 4.90 Å². The molecule has 0 bridgehead atoms. The van der Waals surface area contributed by atoms with Crippen molar-refractivity contribution in [3.05, 3.63) is 84.0 Å². The van der Waals surface area contributed by atoms with E-state index in [9.17, 15) is 14.0 Å². The number of benzene rings is 2. The number of hydrogen-bond acceptors (Lipinski definition) is 4. The summed E-state index contributed by atoms with van der Waals surface area (Å²) in [4.78, 5) is 34.1. The third kappa shape index (κ3) is 4.78. The summed E-state index contributed by atoms with van der Waals surface area (Å²) in [7, 11) is 0. The van der Waals surface area contributed by atoms with Gasteiger partial charge in [0.25, 0.3) is 5.91 Å². The van der Waals surface area contributed by atoms with Gasteiger partial charge < -0.3 is 4.90 Å². The van der Waals surface area contributed by atoms with Gasteiger partial charge in [-0.2, -0.15) is 0 Å². The van der Waals surface area contributed by atoms with Crippen LogP contribution in [0, 0.1) is 11.7 Å². The van der Waals surface area contributed by atoms with E-state index in [2.05, 4.69) is 11.6 Å². The normalized spacial score (nSPS) is 14.2. The van der Waals surface area contributed by atoms with Crippen LogP contribution in [0.4, 0.5) is 9.52 Å². The van der Waals surface area contributed by atoms with E-state index in [1.54, 1.807) is 15.9 Å². The summed E-state index contributed by atoms with van der Waals surface area (Å²) < 4.78 is 13.1. The predicted octanol–water partition coefficient (Wildman–Crippen LogP) is 5.02. The van der Waals surface area contributed by atoms with Crippen LogP contribution in [-0.2, 0) is 4.79 Å². The molecule has 2 aromatic carbocycles. The number of thiazole rings is 1. The third-order valence-electron chi connectivity index (χ3n) is 5.59. The second-order valence-electron chi connectivity index (χ2n) is 7.69. The zero-order valence-electron chi connectivity index (χ0n) is 17.6. The van der Waals surface area contributed by atoms with Gasteiger partial charge in [-0.1, -0.05) is 36.4 Å². The first-order valence-electron chi connectivity index (χ1n) is 10.5. The Morgan fingerprint density at radius 1 is 1.12 bits per heavy atom. The molecule has 0 unspecified atom stereocenters. The third-order valence-corrected chi connectivity index (χ3v) is 6.46. The Morgan fingerprint density at radius 3 is 2.47 bits per heavy atom. The molecule has 1 saturated heterocycles. The molecule has 0 spiro atoms. The fraction of sp³-hybridized carbons (Fsp3) is 0.240. The van der Waals surface area contributed by atoms with E-state index in [0.29, 0.717) is 43.2 Å². The van der Waals surface area contributed by atoms with Gasteiger partial charge in [-0.25, -0.2) is 9.37 Å². The average molecular weight is 450 g/mol. The van der Waals surface area contributed by atoms with E-state index < -0.39 is 0 Å². The summed E-state index contributed by atoms with van der Waals surface area (Å²) in [6.07, 6.45) is 2.86. The van der Waals surface area contributed by atoms with Gasteiger partial charge in [0.1, 0.15) is 5.82 Å². The minimum atomic E-state index is -0.370. The molecular formula is C25H24FN3O2S. The summed E-state index contributed by atoms with van der Waals surface area (Å²) in [6.45, 7) is 5.16. The molecule has 32 heavy (non-hydrogen) atoms. The topological polar surface area (TPSA) is 53.5 Å². The zero-order valence-corrected chi connectivity index (χ0v) is 18.4. The van der Waals surface area contributed by atoms with Gasteiger partial charge >= 0.3 is 0 Å². The maximum atomic E-state index is 13.3. The van der Waals surface area contributed by atoms with Crippen molar-refractivity contribution in [2.45, 2.75) is 12.8 Å². The van der Waals surface area contributed by atoms with Crippen LogP contribution in [0.25, 0.3) is 11.3 Å². The molecular weight excluding hydrogens is 425 g/mol. The molecule has 1 aliphatic heterocycles. The van der Waals surface area contributed by atoms with Crippen LogP contribution >= 0.6 is 11.3 Å².